The van der Waals surface area contributed by atoms with E-state index in [-0.39, 0.29) is 22.2 Å². The molecule has 1 aromatic heterocycles. The van der Waals surface area contributed by atoms with Crippen molar-refractivity contribution >= 4 is 37.5 Å². The van der Waals surface area contributed by atoms with Gasteiger partial charge in [0.15, 0.2) is 0 Å². The first-order valence-electron chi connectivity index (χ1n) is 5.29. The zero-order chi connectivity index (χ0) is 13.2. The Bertz CT molecular complexity index is 535. The Labute approximate surface area is 108 Å². The highest BCUT2D eigenvalue weighted by atomic mass is 32.2. The number of nitrogens with zero attached hydrogens (tertiary/aromatic N) is 2. The van der Waals surface area contributed by atoms with Crippen LogP contribution >= 0.6 is 11.3 Å². The molecule has 1 aromatic rings. The Hall–Kier alpha value is -1.26. The summed E-state index contributed by atoms with van der Waals surface area (Å²) in [7, 11) is -3.38. The number of amides is 1. The Morgan fingerprint density at radius 3 is 2.78 bits per heavy atom. The van der Waals surface area contributed by atoms with Crippen LogP contribution in [0, 0.1) is 0 Å². The molecule has 0 saturated carbocycles. The van der Waals surface area contributed by atoms with Crippen LogP contribution in [0.1, 0.15) is 12.8 Å². The average Bonchev–Trinajstić information content (AvgIpc) is 2.86. The smallest absolute Gasteiger partial charge is 0.243 e. The second-order valence-corrected chi connectivity index (χ2v) is 6.65. The SMILES string of the molecule is CS(=O)(=O)Nc1nnc(NC(=O)C2CCCN2)s1. The highest BCUT2D eigenvalue weighted by molar-refractivity contribution is 7.92. The van der Waals surface area contributed by atoms with E-state index in [1.807, 2.05) is 0 Å². The molecule has 1 saturated heterocycles. The summed E-state index contributed by atoms with van der Waals surface area (Å²) in [6, 6.07) is -0.208. The lowest BCUT2D eigenvalue weighted by Crippen LogP contribution is -2.35. The van der Waals surface area contributed by atoms with Gasteiger partial charge >= 0.3 is 0 Å². The molecule has 2 rings (SSSR count). The summed E-state index contributed by atoms with van der Waals surface area (Å²) in [5.41, 5.74) is 0. The van der Waals surface area contributed by atoms with Crippen molar-refractivity contribution in [2.75, 3.05) is 22.8 Å². The topological polar surface area (TPSA) is 113 Å². The molecule has 0 bridgehead atoms. The maximum Gasteiger partial charge on any atom is 0.243 e. The first-order valence-corrected chi connectivity index (χ1v) is 8.00. The highest BCUT2D eigenvalue weighted by Crippen LogP contribution is 2.21. The Kier molecular flexibility index (Phi) is 3.78. The van der Waals surface area contributed by atoms with Gasteiger partial charge in [-0.1, -0.05) is 11.3 Å². The molecule has 8 nitrogen and oxygen atoms in total. The standard InChI is InChI=1S/C8H13N5O3S2/c1-18(15,16)13-8-12-11-7(17-8)10-6(14)5-3-2-4-9-5/h5,9H,2-4H2,1H3,(H,12,13)(H,10,11,14). The lowest BCUT2D eigenvalue weighted by atomic mass is 10.2. The fraction of sp³-hybridized carbons (Fsp3) is 0.625. The number of carbonyl (C=O) groups is 1. The van der Waals surface area contributed by atoms with E-state index in [0.29, 0.717) is 0 Å². The maximum atomic E-state index is 11.7. The van der Waals surface area contributed by atoms with Gasteiger partial charge in [0.2, 0.25) is 26.2 Å². The molecule has 0 aliphatic carbocycles. The molecule has 1 amide bonds. The van der Waals surface area contributed by atoms with Crippen molar-refractivity contribution in [3.05, 3.63) is 0 Å². The highest BCUT2D eigenvalue weighted by Gasteiger charge is 2.23. The summed E-state index contributed by atoms with van der Waals surface area (Å²) in [4.78, 5) is 11.7. The van der Waals surface area contributed by atoms with Gasteiger partial charge in [0.05, 0.1) is 12.3 Å². The molecular weight excluding hydrogens is 278 g/mol. The van der Waals surface area contributed by atoms with E-state index >= 15 is 0 Å². The number of carbonyl (C=O) groups excluding carboxylic acids is 1. The molecule has 1 atom stereocenters. The Morgan fingerprint density at radius 1 is 1.44 bits per heavy atom. The molecule has 3 N–H and O–H groups in total. The van der Waals surface area contributed by atoms with E-state index in [1.54, 1.807) is 0 Å². The summed E-state index contributed by atoms with van der Waals surface area (Å²) in [6.45, 7) is 0.828. The van der Waals surface area contributed by atoms with Crippen molar-refractivity contribution in [1.82, 2.24) is 15.5 Å². The summed E-state index contributed by atoms with van der Waals surface area (Å²) in [5.74, 6) is -0.172. The van der Waals surface area contributed by atoms with Crippen molar-refractivity contribution in [2.24, 2.45) is 0 Å². The lowest BCUT2D eigenvalue weighted by molar-refractivity contribution is -0.117. The molecule has 10 heteroatoms. The van der Waals surface area contributed by atoms with E-state index in [0.717, 1.165) is 37.0 Å². The van der Waals surface area contributed by atoms with Crippen LogP contribution in [-0.4, -0.2) is 43.4 Å². The van der Waals surface area contributed by atoms with Crippen molar-refractivity contribution in [3.8, 4) is 0 Å². The maximum absolute atomic E-state index is 11.7. The molecule has 0 radical (unpaired) electrons. The van der Waals surface area contributed by atoms with Gasteiger partial charge in [0, 0.05) is 0 Å². The molecule has 100 valence electrons. The number of hydrogen-bond donors (Lipinski definition) is 3. The van der Waals surface area contributed by atoms with Crippen molar-refractivity contribution in [1.29, 1.82) is 0 Å². The van der Waals surface area contributed by atoms with Gasteiger partial charge in [0.25, 0.3) is 0 Å². The number of nitrogens with one attached hydrogen (secondary N) is 3. The monoisotopic (exact) mass is 291 g/mol. The van der Waals surface area contributed by atoms with Crippen molar-refractivity contribution in [3.63, 3.8) is 0 Å². The predicted molar refractivity (Wildman–Crippen MR) is 68.0 cm³/mol. The largest absolute Gasteiger partial charge is 0.306 e. The number of hydrogen-bond acceptors (Lipinski definition) is 7. The number of rotatable bonds is 4. The first kappa shape index (κ1) is 13.2. The van der Waals surface area contributed by atoms with Crippen LogP contribution in [0.15, 0.2) is 0 Å². The third kappa shape index (κ3) is 3.62. The molecule has 1 aliphatic rings. The van der Waals surface area contributed by atoms with Gasteiger partial charge in [-0.05, 0) is 19.4 Å². The minimum Gasteiger partial charge on any atom is -0.306 e. The Balaban J connectivity index is 1.96. The Morgan fingerprint density at radius 2 is 2.17 bits per heavy atom. The van der Waals surface area contributed by atoms with Gasteiger partial charge < -0.3 is 5.32 Å². The minimum absolute atomic E-state index is 0.132. The van der Waals surface area contributed by atoms with Gasteiger partial charge in [-0.3, -0.25) is 14.8 Å². The molecule has 1 fully saturated rings. The van der Waals surface area contributed by atoms with Crippen LogP contribution in [-0.2, 0) is 14.8 Å². The van der Waals surface area contributed by atoms with Crippen LogP contribution in [0.25, 0.3) is 0 Å². The fourth-order valence-corrected chi connectivity index (χ4v) is 3.05. The van der Waals surface area contributed by atoms with Crippen molar-refractivity contribution in [2.45, 2.75) is 18.9 Å². The second kappa shape index (κ2) is 5.16. The fourth-order valence-electron chi connectivity index (χ4n) is 1.57. The van der Waals surface area contributed by atoms with E-state index < -0.39 is 10.0 Å². The predicted octanol–water partition coefficient (Wildman–Crippen LogP) is -0.400. The van der Waals surface area contributed by atoms with E-state index in [9.17, 15) is 13.2 Å². The number of sulfonamides is 1. The van der Waals surface area contributed by atoms with E-state index in [1.165, 1.54) is 0 Å². The second-order valence-electron chi connectivity index (χ2n) is 3.92. The summed E-state index contributed by atoms with van der Waals surface area (Å²) < 4.78 is 24.1. The molecule has 18 heavy (non-hydrogen) atoms. The van der Waals surface area contributed by atoms with Gasteiger partial charge in [-0.2, -0.15) is 0 Å². The first-order chi connectivity index (χ1) is 8.44. The van der Waals surface area contributed by atoms with Crippen LogP contribution in [0.2, 0.25) is 0 Å². The average molecular weight is 291 g/mol. The van der Waals surface area contributed by atoms with Gasteiger partial charge in [0.1, 0.15) is 0 Å². The zero-order valence-corrected chi connectivity index (χ0v) is 11.3. The lowest BCUT2D eigenvalue weighted by Gasteiger charge is -2.07. The number of aromatic nitrogens is 2. The normalized spacial score (nSPS) is 19.7. The molecule has 0 aromatic carbocycles. The van der Waals surface area contributed by atoms with Gasteiger partial charge in [-0.25, -0.2) is 8.42 Å². The van der Waals surface area contributed by atoms with Gasteiger partial charge in [-0.15, -0.1) is 10.2 Å². The van der Waals surface area contributed by atoms with Crippen molar-refractivity contribution < 1.29 is 13.2 Å². The molecule has 1 unspecified atom stereocenters. The summed E-state index contributed by atoms with van der Waals surface area (Å²) in [5, 5.41) is 13.4. The van der Waals surface area contributed by atoms with E-state index in [2.05, 4.69) is 25.6 Å². The third-order valence-corrected chi connectivity index (χ3v) is 3.75. The molecular formula is C8H13N5O3S2. The number of anilines is 2. The van der Waals surface area contributed by atoms with Crippen LogP contribution in [0.3, 0.4) is 0 Å². The third-order valence-electron chi connectivity index (χ3n) is 2.30. The quantitative estimate of drug-likeness (QED) is 0.695. The van der Waals surface area contributed by atoms with Crippen LogP contribution in [0.4, 0.5) is 10.3 Å². The molecule has 2 heterocycles. The molecule has 0 spiro atoms. The van der Waals surface area contributed by atoms with E-state index in [4.69, 9.17) is 0 Å². The minimum atomic E-state index is -3.38. The summed E-state index contributed by atoms with van der Waals surface area (Å²) in [6.07, 6.45) is 2.78. The van der Waals surface area contributed by atoms with Crippen LogP contribution < -0.4 is 15.4 Å². The molecule has 1 aliphatic heterocycles. The zero-order valence-electron chi connectivity index (χ0n) is 9.63. The summed E-state index contributed by atoms with van der Waals surface area (Å²) >= 11 is 0.975. The van der Waals surface area contributed by atoms with Crippen LogP contribution in [0.5, 0.6) is 0 Å².